The van der Waals surface area contributed by atoms with Crippen LogP contribution in [-0.4, -0.2) is 54.7 Å². The molecular weight excluding hydrogens is 512 g/mol. The van der Waals surface area contributed by atoms with Gasteiger partial charge in [0.15, 0.2) is 0 Å². The molecule has 1 saturated heterocycles. The van der Waals surface area contributed by atoms with Crippen molar-refractivity contribution in [2.45, 2.75) is 12.5 Å². The van der Waals surface area contributed by atoms with Crippen LogP contribution in [0.3, 0.4) is 0 Å². The highest BCUT2D eigenvalue weighted by molar-refractivity contribution is 6.40. The molecule has 1 atom stereocenters. The van der Waals surface area contributed by atoms with Gasteiger partial charge >= 0.3 is 17.8 Å². The molecule has 3 aromatic rings. The van der Waals surface area contributed by atoms with Crippen LogP contribution in [0.4, 0.5) is 17.1 Å². The van der Waals surface area contributed by atoms with Crippen molar-refractivity contribution in [3.05, 3.63) is 88.9 Å². The molecule has 1 aliphatic rings. The average molecular weight is 537 g/mol. The van der Waals surface area contributed by atoms with E-state index in [0.29, 0.717) is 42.0 Å². The molecule has 0 saturated carbocycles. The second-order valence-electron chi connectivity index (χ2n) is 8.50. The summed E-state index contributed by atoms with van der Waals surface area (Å²) in [6.07, 6.45) is 0.117. The maximum atomic E-state index is 13.1. The minimum atomic E-state index is -1.10. The maximum Gasteiger partial charge on any atom is 0.335 e. The van der Waals surface area contributed by atoms with E-state index in [9.17, 15) is 19.2 Å². The van der Waals surface area contributed by atoms with Gasteiger partial charge < -0.3 is 30.7 Å². The summed E-state index contributed by atoms with van der Waals surface area (Å²) in [6, 6.07) is 18.4. The number of ether oxygens (including phenoxy) is 1. The highest BCUT2D eigenvalue weighted by Gasteiger charge is 2.26. The third-order valence-corrected chi connectivity index (χ3v) is 6.05. The number of benzene rings is 3. The number of hydrogen-bond acceptors (Lipinski definition) is 6. The number of aromatic carboxylic acids is 1. The number of amides is 3. The normalized spacial score (nSPS) is 13.4. The lowest BCUT2D eigenvalue weighted by molar-refractivity contribution is -0.137. The molecular formula is C27H25ClN4O6. The summed E-state index contributed by atoms with van der Waals surface area (Å²) in [7, 11) is 0. The van der Waals surface area contributed by atoms with Crippen molar-refractivity contribution in [2.75, 3.05) is 35.4 Å². The van der Waals surface area contributed by atoms with Crippen LogP contribution in [0.5, 0.6) is 0 Å². The minimum Gasteiger partial charge on any atom is -0.478 e. The van der Waals surface area contributed by atoms with E-state index in [1.54, 1.807) is 36.4 Å². The quantitative estimate of drug-likeness (QED) is 0.325. The predicted molar refractivity (Wildman–Crippen MR) is 142 cm³/mol. The fourth-order valence-corrected chi connectivity index (χ4v) is 4.05. The van der Waals surface area contributed by atoms with E-state index >= 15 is 0 Å². The number of carbonyl (C=O) groups is 4. The number of carbonyl (C=O) groups excluding carboxylic acids is 3. The third-order valence-electron chi connectivity index (χ3n) is 5.81. The lowest BCUT2D eigenvalue weighted by Gasteiger charge is -2.21. The average Bonchev–Trinajstić information content (AvgIpc) is 3.44. The van der Waals surface area contributed by atoms with E-state index in [4.69, 9.17) is 21.4 Å². The van der Waals surface area contributed by atoms with Gasteiger partial charge in [0.2, 0.25) is 5.91 Å². The van der Waals surface area contributed by atoms with E-state index in [2.05, 4.69) is 16.0 Å². The van der Waals surface area contributed by atoms with Gasteiger partial charge in [-0.2, -0.15) is 0 Å². The summed E-state index contributed by atoms with van der Waals surface area (Å²) in [6.45, 7) is 1.48. The number of halogens is 1. The van der Waals surface area contributed by atoms with Gasteiger partial charge in [-0.1, -0.05) is 41.9 Å². The Labute approximate surface area is 223 Å². The number of anilines is 3. The fourth-order valence-electron chi connectivity index (χ4n) is 3.88. The van der Waals surface area contributed by atoms with Crippen LogP contribution in [0, 0.1) is 0 Å². The minimum absolute atomic E-state index is 0.0645. The van der Waals surface area contributed by atoms with Crippen molar-refractivity contribution < 1.29 is 29.0 Å². The summed E-state index contributed by atoms with van der Waals surface area (Å²) < 4.78 is 5.38. The molecule has 0 spiro atoms. The van der Waals surface area contributed by atoms with E-state index in [1.807, 2.05) is 11.0 Å². The largest absolute Gasteiger partial charge is 0.478 e. The topological polar surface area (TPSA) is 137 Å². The number of hydrogen-bond donors (Lipinski definition) is 4. The van der Waals surface area contributed by atoms with Crippen molar-refractivity contribution in [1.82, 2.24) is 5.32 Å². The lowest BCUT2D eigenvalue weighted by Crippen LogP contribution is -2.49. The first kappa shape index (κ1) is 26.6. The Hall–Kier alpha value is -4.41. The Morgan fingerprint density at radius 2 is 1.68 bits per heavy atom. The van der Waals surface area contributed by atoms with Crippen molar-refractivity contribution in [1.29, 1.82) is 0 Å². The Balaban J connectivity index is 1.48. The van der Waals surface area contributed by atoms with Crippen LogP contribution in [-0.2, 0) is 25.5 Å². The smallest absolute Gasteiger partial charge is 0.335 e. The second kappa shape index (κ2) is 12.2. The Morgan fingerprint density at radius 3 is 2.34 bits per heavy atom. The summed E-state index contributed by atoms with van der Waals surface area (Å²) in [5, 5.41) is 17.2. The zero-order valence-electron chi connectivity index (χ0n) is 20.1. The molecule has 0 aliphatic carbocycles. The van der Waals surface area contributed by atoms with Crippen molar-refractivity contribution in [2.24, 2.45) is 0 Å². The van der Waals surface area contributed by atoms with Gasteiger partial charge in [-0.05, 0) is 48.0 Å². The lowest BCUT2D eigenvalue weighted by atomic mass is 10.0. The predicted octanol–water partition coefficient (Wildman–Crippen LogP) is 3.14. The molecule has 0 aromatic heterocycles. The standard InChI is InChI=1S/C27H25ClN4O6/c28-19-8-11-23(32-12-13-38-16-32)21(15-19)30-25(34)26(35)31-22(14-17-4-2-1-3-5-17)24(33)29-20-9-6-18(7-10-20)27(36)37/h1-11,15,22H,12-14,16H2,(H,29,33)(H,30,34)(H,31,35)(H,36,37)/t22-/m0/s1. The molecule has 3 aromatic carbocycles. The SMILES string of the molecule is O=C(Nc1cc(Cl)ccc1N1CCOC1)C(=O)N[C@@H](Cc1ccccc1)C(=O)Nc1ccc(C(=O)O)cc1. The highest BCUT2D eigenvalue weighted by atomic mass is 35.5. The van der Waals surface area contributed by atoms with Gasteiger partial charge in [-0.3, -0.25) is 14.4 Å². The molecule has 0 bridgehead atoms. The van der Waals surface area contributed by atoms with Crippen LogP contribution in [0.15, 0.2) is 72.8 Å². The van der Waals surface area contributed by atoms with E-state index in [-0.39, 0.29) is 12.0 Å². The molecule has 11 heteroatoms. The number of carboxylic acids is 1. The summed E-state index contributed by atoms with van der Waals surface area (Å²) in [4.78, 5) is 51.9. The summed E-state index contributed by atoms with van der Waals surface area (Å²) >= 11 is 6.12. The number of nitrogens with zero attached hydrogens (tertiary/aromatic N) is 1. The van der Waals surface area contributed by atoms with E-state index in [0.717, 1.165) is 5.56 Å². The van der Waals surface area contributed by atoms with Gasteiger partial charge in [-0.15, -0.1) is 0 Å². The number of rotatable bonds is 8. The Morgan fingerprint density at radius 1 is 0.947 bits per heavy atom. The molecule has 10 nitrogen and oxygen atoms in total. The summed E-state index contributed by atoms with van der Waals surface area (Å²) in [5.74, 6) is -3.64. The molecule has 0 radical (unpaired) electrons. The molecule has 0 unspecified atom stereocenters. The van der Waals surface area contributed by atoms with E-state index < -0.39 is 29.7 Å². The van der Waals surface area contributed by atoms with Crippen molar-refractivity contribution in [3.8, 4) is 0 Å². The van der Waals surface area contributed by atoms with Crippen LogP contribution in [0.25, 0.3) is 0 Å². The molecule has 38 heavy (non-hydrogen) atoms. The van der Waals surface area contributed by atoms with Crippen LogP contribution in [0.2, 0.25) is 5.02 Å². The van der Waals surface area contributed by atoms with Crippen molar-refractivity contribution in [3.63, 3.8) is 0 Å². The Bertz CT molecular complexity index is 1330. The second-order valence-corrected chi connectivity index (χ2v) is 8.94. The van der Waals surface area contributed by atoms with Gasteiger partial charge in [0.05, 0.1) is 23.5 Å². The molecule has 196 valence electrons. The first-order valence-corrected chi connectivity index (χ1v) is 12.1. The van der Waals surface area contributed by atoms with Gasteiger partial charge in [0, 0.05) is 23.7 Å². The first-order chi connectivity index (χ1) is 18.3. The van der Waals surface area contributed by atoms with Crippen LogP contribution in [0.1, 0.15) is 15.9 Å². The Kier molecular flexibility index (Phi) is 8.57. The van der Waals surface area contributed by atoms with E-state index in [1.165, 1.54) is 30.3 Å². The zero-order valence-corrected chi connectivity index (χ0v) is 20.9. The molecule has 4 rings (SSSR count). The molecule has 1 aliphatic heterocycles. The van der Waals surface area contributed by atoms with Crippen LogP contribution < -0.4 is 20.9 Å². The molecule has 1 fully saturated rings. The molecule has 4 N–H and O–H groups in total. The van der Waals surface area contributed by atoms with Gasteiger partial charge in [-0.25, -0.2) is 4.79 Å². The zero-order chi connectivity index (χ0) is 27.1. The third kappa shape index (κ3) is 6.87. The fraction of sp³-hybridized carbons (Fsp3) is 0.185. The van der Waals surface area contributed by atoms with Crippen molar-refractivity contribution >= 4 is 52.4 Å². The maximum absolute atomic E-state index is 13.1. The highest BCUT2D eigenvalue weighted by Crippen LogP contribution is 2.30. The first-order valence-electron chi connectivity index (χ1n) is 11.7. The molecule has 3 amide bonds. The van der Waals surface area contributed by atoms with Gasteiger partial charge in [0.25, 0.3) is 0 Å². The van der Waals surface area contributed by atoms with Crippen LogP contribution >= 0.6 is 11.6 Å². The van der Waals surface area contributed by atoms with Gasteiger partial charge in [0.1, 0.15) is 12.8 Å². The number of nitrogens with one attached hydrogen (secondary N) is 3. The monoisotopic (exact) mass is 536 g/mol. The summed E-state index contributed by atoms with van der Waals surface area (Å²) in [5.41, 5.74) is 2.16. The molecule has 1 heterocycles. The number of carboxylic acid groups (broad SMARTS) is 1.